The van der Waals surface area contributed by atoms with Gasteiger partial charge in [0.2, 0.25) is 6.79 Å². The molecule has 4 N–H and O–H groups in total. The molecule has 0 aliphatic carbocycles. The number of carboxylic acid groups (broad SMARTS) is 1. The first-order chi connectivity index (χ1) is 9.63. The number of aromatic carboxylic acids is 1. The number of anilines is 3. The lowest BCUT2D eigenvalue weighted by Crippen LogP contribution is -2.05. The lowest BCUT2D eigenvalue weighted by atomic mass is 10.2. The third kappa shape index (κ3) is 2.16. The van der Waals surface area contributed by atoms with E-state index in [1.165, 1.54) is 12.3 Å². The topological polar surface area (TPSA) is 107 Å². The van der Waals surface area contributed by atoms with Crippen molar-refractivity contribution in [1.29, 1.82) is 0 Å². The first-order valence-corrected chi connectivity index (χ1v) is 5.79. The van der Waals surface area contributed by atoms with Crippen molar-refractivity contribution < 1.29 is 19.4 Å². The number of carbonyl (C=O) groups is 1. The molecule has 20 heavy (non-hydrogen) atoms. The largest absolute Gasteiger partial charge is 0.478 e. The van der Waals surface area contributed by atoms with Crippen LogP contribution < -0.4 is 20.5 Å². The first-order valence-electron chi connectivity index (χ1n) is 5.79. The summed E-state index contributed by atoms with van der Waals surface area (Å²) in [7, 11) is 0. The highest BCUT2D eigenvalue weighted by Crippen LogP contribution is 2.35. The molecule has 0 spiro atoms. The number of nitrogens with two attached hydrogens (primary N) is 1. The van der Waals surface area contributed by atoms with Gasteiger partial charge in [0.15, 0.2) is 11.5 Å². The maximum atomic E-state index is 11.0. The van der Waals surface area contributed by atoms with E-state index in [2.05, 4.69) is 10.3 Å². The summed E-state index contributed by atoms with van der Waals surface area (Å²) in [5, 5.41) is 12.0. The molecular formula is C13H11N3O4. The summed E-state index contributed by atoms with van der Waals surface area (Å²) < 4.78 is 10.5. The number of nitrogen functional groups attached to an aromatic ring is 1. The van der Waals surface area contributed by atoms with Crippen molar-refractivity contribution in [2.45, 2.75) is 0 Å². The van der Waals surface area contributed by atoms with E-state index in [9.17, 15) is 4.79 Å². The van der Waals surface area contributed by atoms with Crippen molar-refractivity contribution in [1.82, 2.24) is 4.98 Å². The maximum Gasteiger partial charge on any atom is 0.337 e. The molecule has 0 bridgehead atoms. The van der Waals surface area contributed by atoms with Gasteiger partial charge in [0.05, 0.1) is 17.4 Å². The summed E-state index contributed by atoms with van der Waals surface area (Å²) in [6, 6.07) is 6.68. The summed E-state index contributed by atoms with van der Waals surface area (Å²) in [4.78, 5) is 15.0. The molecule has 2 aromatic rings. The minimum Gasteiger partial charge on any atom is -0.478 e. The molecule has 0 amide bonds. The van der Waals surface area contributed by atoms with Gasteiger partial charge < -0.3 is 25.6 Å². The van der Waals surface area contributed by atoms with Gasteiger partial charge in [0, 0.05) is 11.8 Å². The maximum absolute atomic E-state index is 11.0. The van der Waals surface area contributed by atoms with Crippen LogP contribution in [0.4, 0.5) is 17.2 Å². The predicted octanol–water partition coefficient (Wildman–Crippen LogP) is 1.83. The Kier molecular flexibility index (Phi) is 2.79. The lowest BCUT2D eigenvalue weighted by molar-refractivity contribution is 0.0698. The van der Waals surface area contributed by atoms with E-state index in [0.29, 0.717) is 23.0 Å². The van der Waals surface area contributed by atoms with Crippen molar-refractivity contribution in [3.05, 3.63) is 36.0 Å². The van der Waals surface area contributed by atoms with Crippen molar-refractivity contribution in [2.24, 2.45) is 0 Å². The highest BCUT2D eigenvalue weighted by molar-refractivity contribution is 5.94. The zero-order valence-electron chi connectivity index (χ0n) is 10.3. The number of carboxylic acids is 1. The molecule has 0 atom stereocenters. The van der Waals surface area contributed by atoms with E-state index in [4.69, 9.17) is 20.3 Å². The predicted molar refractivity (Wildman–Crippen MR) is 71.5 cm³/mol. The second-order valence-electron chi connectivity index (χ2n) is 4.15. The first kappa shape index (κ1) is 12.1. The van der Waals surface area contributed by atoms with Crippen LogP contribution >= 0.6 is 0 Å². The van der Waals surface area contributed by atoms with Crippen molar-refractivity contribution >= 4 is 23.2 Å². The second kappa shape index (κ2) is 4.61. The molecule has 0 saturated carbocycles. The van der Waals surface area contributed by atoms with Crippen LogP contribution in [-0.2, 0) is 0 Å². The summed E-state index contributed by atoms with van der Waals surface area (Å²) in [6.07, 6.45) is 1.30. The Morgan fingerprint density at radius 1 is 1.30 bits per heavy atom. The highest BCUT2D eigenvalue weighted by atomic mass is 16.7. The van der Waals surface area contributed by atoms with E-state index in [0.717, 1.165) is 0 Å². The van der Waals surface area contributed by atoms with Crippen LogP contribution in [0, 0.1) is 0 Å². The van der Waals surface area contributed by atoms with Crippen LogP contribution in [-0.4, -0.2) is 22.9 Å². The van der Waals surface area contributed by atoms with Crippen LogP contribution in [0.25, 0.3) is 0 Å². The Bertz CT molecular complexity index is 687. The van der Waals surface area contributed by atoms with Crippen LogP contribution in [0.15, 0.2) is 30.5 Å². The number of pyridine rings is 1. The van der Waals surface area contributed by atoms with Crippen molar-refractivity contribution in [3.63, 3.8) is 0 Å². The van der Waals surface area contributed by atoms with Gasteiger partial charge in [0.25, 0.3) is 0 Å². The molecule has 1 aliphatic heterocycles. The molecule has 0 saturated heterocycles. The van der Waals surface area contributed by atoms with Crippen molar-refractivity contribution in [2.75, 3.05) is 17.8 Å². The molecule has 1 aromatic heterocycles. The Labute approximate surface area is 114 Å². The molecule has 1 aliphatic rings. The molecular weight excluding hydrogens is 262 g/mol. The van der Waals surface area contributed by atoms with Gasteiger partial charge in [-0.2, -0.15) is 0 Å². The molecule has 1 aromatic carbocycles. The van der Waals surface area contributed by atoms with Crippen LogP contribution in [0.1, 0.15) is 10.4 Å². The molecule has 0 radical (unpaired) electrons. The Hall–Kier alpha value is -2.96. The summed E-state index contributed by atoms with van der Waals surface area (Å²) in [5.74, 6) is 0.588. The second-order valence-corrected chi connectivity index (χ2v) is 4.15. The smallest absolute Gasteiger partial charge is 0.337 e. The zero-order chi connectivity index (χ0) is 14.1. The van der Waals surface area contributed by atoms with Crippen LogP contribution in [0.3, 0.4) is 0 Å². The third-order valence-electron chi connectivity index (χ3n) is 2.81. The number of hydrogen-bond donors (Lipinski definition) is 3. The third-order valence-corrected chi connectivity index (χ3v) is 2.81. The monoisotopic (exact) mass is 273 g/mol. The van der Waals surface area contributed by atoms with Gasteiger partial charge >= 0.3 is 5.97 Å². The molecule has 7 heteroatoms. The quantitative estimate of drug-likeness (QED) is 0.783. The number of ether oxygens (including phenoxy) is 2. The number of nitrogens with one attached hydrogen (secondary N) is 1. The highest BCUT2D eigenvalue weighted by Gasteiger charge is 2.14. The minimum absolute atomic E-state index is 0.00300. The van der Waals surface area contributed by atoms with E-state index >= 15 is 0 Å². The molecule has 2 heterocycles. The summed E-state index contributed by atoms with van der Waals surface area (Å²) in [5.41, 5.74) is 6.38. The SMILES string of the molecule is Nc1cnc(Nc2ccc3c(c2)OCO3)cc1C(=O)O. The van der Waals surface area contributed by atoms with E-state index in [1.807, 2.05) is 0 Å². The Morgan fingerprint density at radius 3 is 2.90 bits per heavy atom. The van der Waals surface area contributed by atoms with Gasteiger partial charge in [-0.3, -0.25) is 0 Å². The standard InChI is InChI=1S/C13H11N3O4/c14-9-5-15-12(4-8(9)13(17)18)16-7-1-2-10-11(3-7)20-6-19-10/h1-5H,6,14H2,(H,15,16)(H,17,18). The van der Waals surface area contributed by atoms with Gasteiger partial charge in [-0.1, -0.05) is 0 Å². The average Bonchev–Trinajstić information content (AvgIpc) is 2.88. The van der Waals surface area contributed by atoms with E-state index in [1.54, 1.807) is 18.2 Å². The molecule has 3 rings (SSSR count). The lowest BCUT2D eigenvalue weighted by Gasteiger charge is -2.08. The number of fused-ring (bicyclic) bond motifs is 1. The fourth-order valence-electron chi connectivity index (χ4n) is 1.84. The number of aromatic nitrogens is 1. The Morgan fingerprint density at radius 2 is 2.10 bits per heavy atom. The fourth-order valence-corrected chi connectivity index (χ4v) is 1.84. The number of hydrogen-bond acceptors (Lipinski definition) is 6. The van der Waals surface area contributed by atoms with Crippen LogP contribution in [0.5, 0.6) is 11.5 Å². The van der Waals surface area contributed by atoms with Crippen LogP contribution in [0.2, 0.25) is 0 Å². The number of benzene rings is 1. The summed E-state index contributed by atoms with van der Waals surface area (Å²) >= 11 is 0. The zero-order valence-corrected chi connectivity index (χ0v) is 10.3. The van der Waals surface area contributed by atoms with Gasteiger partial charge in [-0.15, -0.1) is 0 Å². The van der Waals surface area contributed by atoms with E-state index in [-0.39, 0.29) is 18.0 Å². The molecule has 7 nitrogen and oxygen atoms in total. The minimum atomic E-state index is -1.10. The average molecular weight is 273 g/mol. The van der Waals surface area contributed by atoms with Gasteiger partial charge in [-0.25, -0.2) is 9.78 Å². The van der Waals surface area contributed by atoms with Crippen molar-refractivity contribution in [3.8, 4) is 11.5 Å². The summed E-state index contributed by atoms with van der Waals surface area (Å²) in [6.45, 7) is 0.196. The molecule has 0 unspecified atom stereocenters. The van der Waals surface area contributed by atoms with Gasteiger partial charge in [0.1, 0.15) is 5.82 Å². The molecule has 0 fully saturated rings. The fraction of sp³-hybridized carbons (Fsp3) is 0.0769. The van der Waals surface area contributed by atoms with E-state index < -0.39 is 5.97 Å². The number of rotatable bonds is 3. The Balaban J connectivity index is 1.88. The van der Waals surface area contributed by atoms with Gasteiger partial charge in [-0.05, 0) is 18.2 Å². The molecule has 102 valence electrons. The normalized spacial score (nSPS) is 12.2. The number of nitrogens with zero attached hydrogens (tertiary/aromatic N) is 1.